The van der Waals surface area contributed by atoms with E-state index in [1.807, 2.05) is 45.3 Å². The molecule has 1 aromatic heterocycles. The van der Waals surface area contributed by atoms with Crippen LogP contribution in [-0.2, 0) is 19.5 Å². The van der Waals surface area contributed by atoms with Crippen molar-refractivity contribution in [1.29, 1.82) is 0 Å². The highest BCUT2D eigenvalue weighted by molar-refractivity contribution is 5.74. The maximum atomic E-state index is 12.5. The zero-order valence-corrected chi connectivity index (χ0v) is 14.8. The first-order valence-electron chi connectivity index (χ1n) is 8.32. The maximum Gasteiger partial charge on any atom is 0.318 e. The molecule has 2 aromatic rings. The minimum atomic E-state index is -0.137. The smallest absolute Gasteiger partial charge is 0.318 e. The Balaban J connectivity index is 1.70. The Morgan fingerprint density at radius 1 is 1.36 bits per heavy atom. The molecule has 0 saturated carbocycles. The number of hydrogen-bond donors (Lipinski definition) is 2. The van der Waals surface area contributed by atoms with Gasteiger partial charge in [0.05, 0.1) is 12.2 Å². The standard InChI is InChI=1S/C18H23N5O2/c1-12-6-4-5-7-13(12)10-19-18(25)23-9-8-14-15(11-23)20-17(22(2)3)21-16(14)24/h4-7H,8-11H2,1-3H3,(H,19,25)(H,20,21,24). The van der Waals surface area contributed by atoms with E-state index in [2.05, 4.69) is 15.3 Å². The van der Waals surface area contributed by atoms with Crippen LogP contribution in [0.3, 0.4) is 0 Å². The van der Waals surface area contributed by atoms with Crippen LogP contribution in [-0.4, -0.2) is 41.5 Å². The van der Waals surface area contributed by atoms with Gasteiger partial charge in [0.25, 0.3) is 5.56 Å². The molecule has 0 fully saturated rings. The zero-order valence-electron chi connectivity index (χ0n) is 14.8. The third-order valence-corrected chi connectivity index (χ3v) is 4.46. The molecule has 1 aliphatic heterocycles. The molecule has 25 heavy (non-hydrogen) atoms. The van der Waals surface area contributed by atoms with Crippen molar-refractivity contribution < 1.29 is 4.79 Å². The normalized spacial score (nSPS) is 13.3. The van der Waals surface area contributed by atoms with Gasteiger partial charge >= 0.3 is 6.03 Å². The van der Waals surface area contributed by atoms with Crippen LogP contribution in [0.4, 0.5) is 10.7 Å². The SMILES string of the molecule is Cc1ccccc1CNC(=O)N1CCc2c(nc(N(C)C)[nH]c2=O)C1. The van der Waals surface area contributed by atoms with Crippen LogP contribution in [0.5, 0.6) is 0 Å². The molecule has 0 aliphatic carbocycles. The largest absolute Gasteiger partial charge is 0.348 e. The predicted molar refractivity (Wildman–Crippen MR) is 96.7 cm³/mol. The van der Waals surface area contributed by atoms with Crippen LogP contribution in [0.15, 0.2) is 29.1 Å². The first-order valence-corrected chi connectivity index (χ1v) is 8.32. The molecular weight excluding hydrogens is 318 g/mol. The number of amides is 2. The van der Waals surface area contributed by atoms with Gasteiger partial charge in [-0.15, -0.1) is 0 Å². The number of carbonyl (C=O) groups excluding carboxylic acids is 1. The van der Waals surface area contributed by atoms with Gasteiger partial charge in [0.15, 0.2) is 0 Å². The van der Waals surface area contributed by atoms with Crippen LogP contribution in [0.2, 0.25) is 0 Å². The molecule has 0 unspecified atom stereocenters. The van der Waals surface area contributed by atoms with Crippen LogP contribution < -0.4 is 15.8 Å². The molecule has 2 N–H and O–H groups in total. The summed E-state index contributed by atoms with van der Waals surface area (Å²) in [4.78, 5) is 35.4. The van der Waals surface area contributed by atoms with Crippen molar-refractivity contribution in [3.8, 4) is 0 Å². The molecule has 1 aromatic carbocycles. The predicted octanol–water partition coefficient (Wildman–Crippen LogP) is 1.41. The molecule has 7 heteroatoms. The number of rotatable bonds is 3. The summed E-state index contributed by atoms with van der Waals surface area (Å²) in [6.07, 6.45) is 0.517. The lowest BCUT2D eigenvalue weighted by molar-refractivity contribution is 0.190. The average molecular weight is 341 g/mol. The highest BCUT2D eigenvalue weighted by Crippen LogP contribution is 2.16. The van der Waals surface area contributed by atoms with Gasteiger partial charge in [-0.2, -0.15) is 0 Å². The van der Waals surface area contributed by atoms with Crippen molar-refractivity contribution in [3.63, 3.8) is 0 Å². The Labute approximate surface area is 146 Å². The Kier molecular flexibility index (Phi) is 4.74. The molecule has 0 spiro atoms. The fourth-order valence-corrected chi connectivity index (χ4v) is 2.90. The number of nitrogens with one attached hydrogen (secondary N) is 2. The number of carbonyl (C=O) groups is 1. The van der Waals surface area contributed by atoms with Gasteiger partial charge < -0.3 is 15.1 Å². The van der Waals surface area contributed by atoms with E-state index in [0.29, 0.717) is 43.3 Å². The molecule has 0 atom stereocenters. The number of aromatic amines is 1. The van der Waals surface area contributed by atoms with Crippen LogP contribution in [0.1, 0.15) is 22.4 Å². The first-order chi connectivity index (χ1) is 12.0. The second kappa shape index (κ2) is 6.96. The minimum absolute atomic E-state index is 0.117. The average Bonchev–Trinajstić information content (AvgIpc) is 2.60. The van der Waals surface area contributed by atoms with Crippen molar-refractivity contribution in [2.45, 2.75) is 26.4 Å². The molecule has 2 amide bonds. The summed E-state index contributed by atoms with van der Waals surface area (Å²) in [5.74, 6) is 0.505. The van der Waals surface area contributed by atoms with E-state index < -0.39 is 0 Å². The summed E-state index contributed by atoms with van der Waals surface area (Å²) in [5, 5.41) is 2.96. The van der Waals surface area contributed by atoms with E-state index >= 15 is 0 Å². The lowest BCUT2D eigenvalue weighted by Gasteiger charge is -2.28. The van der Waals surface area contributed by atoms with Gasteiger partial charge in [0.1, 0.15) is 0 Å². The molecule has 0 radical (unpaired) electrons. The van der Waals surface area contributed by atoms with Crippen molar-refractivity contribution in [2.75, 3.05) is 25.5 Å². The summed E-state index contributed by atoms with van der Waals surface area (Å²) < 4.78 is 0. The second-order valence-electron chi connectivity index (χ2n) is 6.47. The third kappa shape index (κ3) is 3.65. The lowest BCUT2D eigenvalue weighted by atomic mass is 10.1. The Hall–Kier alpha value is -2.83. The number of H-pyrrole nitrogens is 1. The third-order valence-electron chi connectivity index (χ3n) is 4.46. The zero-order chi connectivity index (χ0) is 18.0. The summed E-state index contributed by atoms with van der Waals surface area (Å²) in [5.41, 5.74) is 3.47. The van der Waals surface area contributed by atoms with E-state index in [-0.39, 0.29) is 11.6 Å². The summed E-state index contributed by atoms with van der Waals surface area (Å²) in [7, 11) is 3.64. The van der Waals surface area contributed by atoms with Crippen LogP contribution in [0.25, 0.3) is 0 Å². The maximum absolute atomic E-state index is 12.5. The first kappa shape index (κ1) is 17.0. The molecule has 132 valence electrons. The molecule has 2 heterocycles. The van der Waals surface area contributed by atoms with Gasteiger partial charge in [-0.25, -0.2) is 9.78 Å². The lowest BCUT2D eigenvalue weighted by Crippen LogP contribution is -2.44. The van der Waals surface area contributed by atoms with Crippen LogP contribution >= 0.6 is 0 Å². The number of benzene rings is 1. The fraction of sp³-hybridized carbons (Fsp3) is 0.389. The van der Waals surface area contributed by atoms with E-state index in [0.717, 1.165) is 11.1 Å². The monoisotopic (exact) mass is 341 g/mol. The van der Waals surface area contributed by atoms with Crippen molar-refractivity contribution in [1.82, 2.24) is 20.2 Å². The Morgan fingerprint density at radius 2 is 2.12 bits per heavy atom. The molecule has 0 saturated heterocycles. The molecule has 1 aliphatic rings. The number of aryl methyl sites for hydroxylation is 1. The van der Waals surface area contributed by atoms with Crippen molar-refractivity contribution in [3.05, 3.63) is 57.0 Å². The van der Waals surface area contributed by atoms with E-state index in [1.165, 1.54) is 0 Å². The van der Waals surface area contributed by atoms with Crippen molar-refractivity contribution in [2.24, 2.45) is 0 Å². The van der Waals surface area contributed by atoms with Crippen molar-refractivity contribution >= 4 is 12.0 Å². The van der Waals surface area contributed by atoms with E-state index in [9.17, 15) is 9.59 Å². The molecular formula is C18H23N5O2. The van der Waals surface area contributed by atoms with E-state index in [1.54, 1.807) is 9.80 Å². The molecule has 3 rings (SSSR count). The van der Waals surface area contributed by atoms with Gasteiger partial charge in [-0.05, 0) is 24.5 Å². The highest BCUT2D eigenvalue weighted by Gasteiger charge is 2.24. The van der Waals surface area contributed by atoms with Gasteiger partial charge in [0, 0.05) is 32.7 Å². The number of anilines is 1. The minimum Gasteiger partial charge on any atom is -0.348 e. The highest BCUT2D eigenvalue weighted by atomic mass is 16.2. The van der Waals surface area contributed by atoms with Crippen LogP contribution in [0, 0.1) is 6.92 Å². The Bertz CT molecular complexity index is 844. The fourth-order valence-electron chi connectivity index (χ4n) is 2.90. The topological polar surface area (TPSA) is 81.3 Å². The molecule has 7 nitrogen and oxygen atoms in total. The van der Waals surface area contributed by atoms with Gasteiger partial charge in [0.2, 0.25) is 5.95 Å². The summed E-state index contributed by atoms with van der Waals surface area (Å²) in [6.45, 7) is 3.37. The number of aromatic nitrogens is 2. The summed E-state index contributed by atoms with van der Waals surface area (Å²) >= 11 is 0. The number of fused-ring (bicyclic) bond motifs is 1. The molecule has 0 bridgehead atoms. The number of urea groups is 1. The van der Waals surface area contributed by atoms with Gasteiger partial charge in [-0.3, -0.25) is 9.78 Å². The Morgan fingerprint density at radius 3 is 2.84 bits per heavy atom. The quantitative estimate of drug-likeness (QED) is 0.884. The summed E-state index contributed by atoms with van der Waals surface area (Å²) in [6, 6.07) is 7.84. The van der Waals surface area contributed by atoms with Gasteiger partial charge in [-0.1, -0.05) is 24.3 Å². The number of nitrogens with zero attached hydrogens (tertiary/aromatic N) is 3. The van der Waals surface area contributed by atoms with E-state index in [4.69, 9.17) is 0 Å². The number of hydrogen-bond acceptors (Lipinski definition) is 4. The second-order valence-corrected chi connectivity index (χ2v) is 6.47.